The molecule has 2 bridgehead atoms. The smallest absolute Gasteiger partial charge is 0.311 e. The Morgan fingerprint density at radius 3 is 2.72 bits per heavy atom. The second kappa shape index (κ2) is 6.96. The van der Waals surface area contributed by atoms with Crippen molar-refractivity contribution in [3.8, 4) is 0 Å². The largest absolute Gasteiger partial charge is 0.465 e. The van der Waals surface area contributed by atoms with E-state index in [1.165, 1.54) is 0 Å². The Labute approximate surface area is 148 Å². The maximum Gasteiger partial charge on any atom is 0.311 e. The Kier molecular flexibility index (Phi) is 5.07. The lowest BCUT2D eigenvalue weighted by molar-refractivity contribution is -0.162. The van der Waals surface area contributed by atoms with Crippen molar-refractivity contribution < 1.29 is 28.6 Å². The third-order valence-corrected chi connectivity index (χ3v) is 6.13. The normalized spacial score (nSPS) is 32.6. The van der Waals surface area contributed by atoms with Crippen molar-refractivity contribution >= 4 is 17.9 Å². The minimum atomic E-state index is -0.461. The molecule has 0 spiro atoms. The van der Waals surface area contributed by atoms with E-state index in [9.17, 15) is 14.4 Å². The molecule has 5 unspecified atom stereocenters. The molecule has 140 valence electrons. The highest BCUT2D eigenvalue weighted by Crippen LogP contribution is 2.55. The van der Waals surface area contributed by atoms with Gasteiger partial charge in [-0.15, -0.1) is 0 Å². The zero-order valence-electron chi connectivity index (χ0n) is 15.3. The van der Waals surface area contributed by atoms with Crippen LogP contribution in [0.15, 0.2) is 0 Å². The maximum atomic E-state index is 12.1. The van der Waals surface area contributed by atoms with Crippen LogP contribution < -0.4 is 0 Å². The zero-order chi connectivity index (χ0) is 18.2. The molecule has 3 rings (SSSR count). The fraction of sp³-hybridized carbons (Fsp3) is 0.842. The standard InChI is InChI=1S/C19H28O6/c1-4-19(2,3)18(22)23-8-6-5-7-14(20)24-15-11-9-12-13(10-11)17(21)25-16(12)15/h11-13,15-16H,4-10H2,1-3H3. The lowest BCUT2D eigenvalue weighted by Crippen LogP contribution is -2.36. The number of rotatable bonds is 8. The number of hydrogen-bond donors (Lipinski definition) is 0. The molecule has 0 aromatic heterocycles. The lowest BCUT2D eigenvalue weighted by Gasteiger charge is -2.25. The summed E-state index contributed by atoms with van der Waals surface area (Å²) >= 11 is 0. The van der Waals surface area contributed by atoms with Gasteiger partial charge in [-0.1, -0.05) is 6.92 Å². The van der Waals surface area contributed by atoms with Gasteiger partial charge in [0.05, 0.1) is 17.9 Å². The summed E-state index contributed by atoms with van der Waals surface area (Å²) in [5.74, 6) is -0.0152. The van der Waals surface area contributed by atoms with Crippen LogP contribution in [-0.4, -0.2) is 36.7 Å². The van der Waals surface area contributed by atoms with Gasteiger partial charge in [0.15, 0.2) is 0 Å². The summed E-state index contributed by atoms with van der Waals surface area (Å²) in [5.41, 5.74) is -0.461. The fourth-order valence-electron chi connectivity index (χ4n) is 4.15. The highest BCUT2D eigenvalue weighted by Gasteiger charge is 2.63. The molecule has 0 N–H and O–H groups in total. The summed E-state index contributed by atoms with van der Waals surface area (Å²) in [4.78, 5) is 35.6. The molecule has 2 aliphatic carbocycles. The van der Waals surface area contributed by atoms with Gasteiger partial charge in [0.2, 0.25) is 0 Å². The van der Waals surface area contributed by atoms with E-state index in [2.05, 4.69) is 0 Å². The first-order valence-electron chi connectivity index (χ1n) is 9.40. The monoisotopic (exact) mass is 352 g/mol. The third-order valence-electron chi connectivity index (χ3n) is 6.13. The highest BCUT2D eigenvalue weighted by molar-refractivity contribution is 5.77. The van der Waals surface area contributed by atoms with E-state index in [0.29, 0.717) is 25.9 Å². The number of fused-ring (bicyclic) bond motifs is 1. The van der Waals surface area contributed by atoms with Gasteiger partial charge in [-0.25, -0.2) is 0 Å². The average Bonchev–Trinajstić information content (AvgIpc) is 3.19. The summed E-state index contributed by atoms with van der Waals surface area (Å²) in [7, 11) is 0. The van der Waals surface area contributed by atoms with Crippen LogP contribution >= 0.6 is 0 Å². The van der Waals surface area contributed by atoms with Crippen molar-refractivity contribution in [3.63, 3.8) is 0 Å². The maximum absolute atomic E-state index is 12.1. The van der Waals surface area contributed by atoms with E-state index >= 15 is 0 Å². The van der Waals surface area contributed by atoms with Crippen LogP contribution in [0.2, 0.25) is 0 Å². The summed E-state index contributed by atoms with van der Waals surface area (Å²) in [6.45, 7) is 6.01. The van der Waals surface area contributed by atoms with Gasteiger partial charge >= 0.3 is 17.9 Å². The molecule has 1 aliphatic heterocycles. The molecule has 1 saturated heterocycles. The quantitative estimate of drug-likeness (QED) is 0.380. The Bertz CT molecular complexity index is 554. The summed E-state index contributed by atoms with van der Waals surface area (Å²) in [5, 5.41) is 0. The first-order chi connectivity index (χ1) is 11.8. The van der Waals surface area contributed by atoms with Gasteiger partial charge in [-0.2, -0.15) is 0 Å². The van der Waals surface area contributed by atoms with Crippen molar-refractivity contribution in [2.75, 3.05) is 6.61 Å². The van der Waals surface area contributed by atoms with Crippen molar-refractivity contribution in [2.45, 2.75) is 71.5 Å². The number of ether oxygens (including phenoxy) is 3. The number of carbonyl (C=O) groups excluding carboxylic acids is 3. The van der Waals surface area contributed by atoms with Crippen molar-refractivity contribution in [3.05, 3.63) is 0 Å². The molecule has 6 nitrogen and oxygen atoms in total. The van der Waals surface area contributed by atoms with Crippen molar-refractivity contribution in [1.82, 2.24) is 0 Å². The second-order valence-electron chi connectivity index (χ2n) is 8.19. The molecule has 2 saturated carbocycles. The van der Waals surface area contributed by atoms with Crippen LogP contribution in [0.3, 0.4) is 0 Å². The number of esters is 3. The van der Waals surface area contributed by atoms with Crippen LogP contribution in [0.5, 0.6) is 0 Å². The van der Waals surface area contributed by atoms with Gasteiger partial charge in [0.1, 0.15) is 12.2 Å². The zero-order valence-corrected chi connectivity index (χ0v) is 15.3. The minimum absolute atomic E-state index is 0.0343. The molecule has 25 heavy (non-hydrogen) atoms. The van der Waals surface area contributed by atoms with Crippen LogP contribution in [-0.2, 0) is 28.6 Å². The first kappa shape index (κ1) is 18.2. The molecule has 3 aliphatic rings. The van der Waals surface area contributed by atoms with Gasteiger partial charge < -0.3 is 14.2 Å². The van der Waals surface area contributed by atoms with E-state index in [0.717, 1.165) is 19.3 Å². The van der Waals surface area contributed by atoms with E-state index in [-0.39, 0.29) is 47.9 Å². The molecular weight excluding hydrogens is 324 g/mol. The molecule has 0 amide bonds. The van der Waals surface area contributed by atoms with Gasteiger partial charge in [-0.05, 0) is 46.0 Å². The van der Waals surface area contributed by atoms with Crippen LogP contribution in [0.4, 0.5) is 0 Å². The predicted octanol–water partition coefficient (Wildman–Crippen LogP) is 2.63. The predicted molar refractivity (Wildman–Crippen MR) is 88.3 cm³/mol. The van der Waals surface area contributed by atoms with Crippen molar-refractivity contribution in [1.29, 1.82) is 0 Å². The molecule has 0 aromatic carbocycles. The Morgan fingerprint density at radius 1 is 1.24 bits per heavy atom. The molecule has 6 heteroatoms. The third kappa shape index (κ3) is 3.53. The number of carbonyl (C=O) groups is 3. The van der Waals surface area contributed by atoms with Crippen LogP contribution in [0.1, 0.15) is 59.3 Å². The van der Waals surface area contributed by atoms with Gasteiger partial charge in [-0.3, -0.25) is 14.4 Å². The van der Waals surface area contributed by atoms with Gasteiger partial charge in [0, 0.05) is 18.3 Å². The minimum Gasteiger partial charge on any atom is -0.465 e. The molecule has 1 heterocycles. The van der Waals surface area contributed by atoms with E-state index in [4.69, 9.17) is 14.2 Å². The SMILES string of the molecule is CCC(C)(C)C(=O)OCCCCC(=O)OC1C2CC3C(=O)OC1C3C2. The number of unbranched alkanes of at least 4 members (excludes halogenated alkanes) is 1. The average molecular weight is 352 g/mol. The molecule has 0 radical (unpaired) electrons. The second-order valence-corrected chi connectivity index (χ2v) is 8.19. The van der Waals surface area contributed by atoms with Gasteiger partial charge in [0.25, 0.3) is 0 Å². The molecule has 3 fully saturated rings. The molecule has 5 atom stereocenters. The highest BCUT2D eigenvalue weighted by atomic mass is 16.6. The van der Waals surface area contributed by atoms with E-state index < -0.39 is 5.41 Å². The first-order valence-corrected chi connectivity index (χ1v) is 9.40. The summed E-state index contributed by atoms with van der Waals surface area (Å²) in [6.07, 6.45) is 3.52. The Morgan fingerprint density at radius 2 is 2.00 bits per heavy atom. The van der Waals surface area contributed by atoms with Crippen molar-refractivity contribution in [2.24, 2.45) is 23.2 Å². The topological polar surface area (TPSA) is 78.9 Å². The van der Waals surface area contributed by atoms with Crippen LogP contribution in [0, 0.1) is 23.2 Å². The summed E-state index contributed by atoms with van der Waals surface area (Å²) in [6, 6.07) is 0. The van der Waals surface area contributed by atoms with Crippen LogP contribution in [0.25, 0.3) is 0 Å². The van der Waals surface area contributed by atoms with E-state index in [1.807, 2.05) is 20.8 Å². The summed E-state index contributed by atoms with van der Waals surface area (Å²) < 4.78 is 16.2. The lowest BCUT2D eigenvalue weighted by atomic mass is 9.88. The molecular formula is C19H28O6. The number of hydrogen-bond acceptors (Lipinski definition) is 6. The molecule has 0 aromatic rings. The Hall–Kier alpha value is -1.59. The Balaban J connectivity index is 1.33. The van der Waals surface area contributed by atoms with E-state index in [1.54, 1.807) is 0 Å². The fourth-order valence-corrected chi connectivity index (χ4v) is 4.15.